The van der Waals surface area contributed by atoms with Crippen LogP contribution in [-0.4, -0.2) is 5.91 Å². The lowest BCUT2D eigenvalue weighted by Gasteiger charge is -2.09. The van der Waals surface area contributed by atoms with E-state index in [0.717, 1.165) is 12.1 Å². The van der Waals surface area contributed by atoms with Gasteiger partial charge in [-0.1, -0.05) is 18.2 Å². The molecule has 0 unspecified atom stereocenters. The molecule has 0 aromatic heterocycles. The van der Waals surface area contributed by atoms with Crippen LogP contribution in [0.5, 0.6) is 5.75 Å². The predicted octanol–water partition coefficient (Wildman–Crippen LogP) is 2.15. The number of halogens is 2. The second kappa shape index (κ2) is 6.12. The number of amides is 1. The molecule has 0 saturated carbocycles. The summed E-state index contributed by atoms with van der Waals surface area (Å²) < 4.78 is 31.8. The third-order valence-electron chi connectivity index (χ3n) is 2.62. The van der Waals surface area contributed by atoms with Gasteiger partial charge in [-0.25, -0.2) is 14.6 Å². The van der Waals surface area contributed by atoms with Crippen LogP contribution in [-0.2, 0) is 6.61 Å². The Kier molecular flexibility index (Phi) is 4.27. The smallest absolute Gasteiger partial charge is 0.265 e. The Morgan fingerprint density at radius 1 is 1.15 bits per heavy atom. The first-order valence-electron chi connectivity index (χ1n) is 5.78. The molecule has 0 radical (unpaired) electrons. The Morgan fingerprint density at radius 3 is 2.45 bits per heavy atom. The summed E-state index contributed by atoms with van der Waals surface area (Å²) in [6.45, 7) is -0.0659. The van der Waals surface area contributed by atoms with Gasteiger partial charge in [-0.15, -0.1) is 0 Å². The summed E-state index contributed by atoms with van der Waals surface area (Å²) in [5.41, 5.74) is 2.93. The molecule has 20 heavy (non-hydrogen) atoms. The molecule has 0 fully saturated rings. The Hall–Kier alpha value is -2.47. The number of benzene rings is 2. The van der Waals surface area contributed by atoms with Crippen LogP contribution in [0.2, 0.25) is 0 Å². The Labute approximate surface area is 114 Å². The summed E-state index contributed by atoms with van der Waals surface area (Å²) in [6.07, 6.45) is 0. The molecule has 0 heterocycles. The van der Waals surface area contributed by atoms with E-state index in [1.807, 2.05) is 5.43 Å². The summed E-state index contributed by atoms with van der Waals surface area (Å²) in [5, 5.41) is 0. The highest BCUT2D eigenvalue weighted by atomic mass is 19.1. The van der Waals surface area contributed by atoms with Gasteiger partial charge in [0.1, 0.15) is 6.61 Å². The zero-order chi connectivity index (χ0) is 14.5. The molecule has 0 spiro atoms. The van der Waals surface area contributed by atoms with E-state index in [0.29, 0.717) is 11.1 Å². The molecule has 2 aromatic rings. The van der Waals surface area contributed by atoms with Gasteiger partial charge < -0.3 is 4.74 Å². The Bertz CT molecular complexity index is 612. The molecule has 0 saturated heterocycles. The van der Waals surface area contributed by atoms with Crippen molar-refractivity contribution >= 4 is 5.91 Å². The van der Waals surface area contributed by atoms with Crippen molar-refractivity contribution in [1.82, 2.24) is 5.43 Å². The molecule has 0 aliphatic carbocycles. The first-order chi connectivity index (χ1) is 9.61. The molecule has 3 N–H and O–H groups in total. The normalized spacial score (nSPS) is 10.2. The summed E-state index contributed by atoms with van der Waals surface area (Å²) in [4.78, 5) is 11.4. The summed E-state index contributed by atoms with van der Waals surface area (Å²) in [6, 6.07) is 9.86. The first-order valence-corrected chi connectivity index (χ1v) is 5.78. The van der Waals surface area contributed by atoms with Gasteiger partial charge in [-0.2, -0.15) is 0 Å². The van der Waals surface area contributed by atoms with E-state index >= 15 is 0 Å². The predicted molar refractivity (Wildman–Crippen MR) is 68.8 cm³/mol. The highest BCUT2D eigenvalue weighted by Crippen LogP contribution is 2.22. The Morgan fingerprint density at radius 2 is 1.80 bits per heavy atom. The van der Waals surface area contributed by atoms with E-state index in [-0.39, 0.29) is 6.61 Å². The summed E-state index contributed by atoms with van der Waals surface area (Å²) in [5.74, 6) is 2.58. The number of rotatable bonds is 4. The molecular weight excluding hydrogens is 266 g/mol. The lowest BCUT2D eigenvalue weighted by atomic mass is 10.1. The van der Waals surface area contributed by atoms with Crippen LogP contribution in [0.15, 0.2) is 42.5 Å². The standard InChI is InChI=1S/C14H12F2N2O2/c15-11-5-2-6-12(16)13(11)20-8-9-3-1-4-10(7-9)14(19)18-17/h1-7H,8,17H2,(H,18,19). The van der Waals surface area contributed by atoms with Crippen LogP contribution in [0, 0.1) is 11.6 Å². The van der Waals surface area contributed by atoms with Crippen molar-refractivity contribution in [3.8, 4) is 5.75 Å². The molecule has 0 atom stereocenters. The molecule has 2 aromatic carbocycles. The van der Waals surface area contributed by atoms with Gasteiger partial charge in [0.25, 0.3) is 5.91 Å². The highest BCUT2D eigenvalue weighted by molar-refractivity contribution is 5.93. The number of nitrogen functional groups attached to an aromatic ring is 1. The number of para-hydroxylation sites is 1. The van der Waals surface area contributed by atoms with Crippen LogP contribution >= 0.6 is 0 Å². The van der Waals surface area contributed by atoms with Gasteiger partial charge in [0.2, 0.25) is 0 Å². The summed E-state index contributed by atoms with van der Waals surface area (Å²) >= 11 is 0. The zero-order valence-corrected chi connectivity index (χ0v) is 10.4. The van der Waals surface area contributed by atoms with E-state index in [4.69, 9.17) is 10.6 Å². The average Bonchev–Trinajstić information content (AvgIpc) is 2.46. The fraction of sp³-hybridized carbons (Fsp3) is 0.0714. The van der Waals surface area contributed by atoms with Crippen LogP contribution in [0.3, 0.4) is 0 Å². The molecule has 4 nitrogen and oxygen atoms in total. The molecule has 0 bridgehead atoms. The molecule has 0 aliphatic rings. The number of ether oxygens (including phenoxy) is 1. The third kappa shape index (κ3) is 3.10. The van der Waals surface area contributed by atoms with Crippen LogP contribution in [0.1, 0.15) is 15.9 Å². The van der Waals surface area contributed by atoms with Crippen LogP contribution < -0.4 is 16.0 Å². The highest BCUT2D eigenvalue weighted by Gasteiger charge is 2.10. The quantitative estimate of drug-likeness (QED) is 0.511. The lowest BCUT2D eigenvalue weighted by Crippen LogP contribution is -2.30. The van der Waals surface area contributed by atoms with Crippen molar-refractivity contribution in [3.05, 3.63) is 65.2 Å². The monoisotopic (exact) mass is 278 g/mol. The van der Waals surface area contributed by atoms with E-state index in [2.05, 4.69) is 0 Å². The van der Waals surface area contributed by atoms with E-state index in [9.17, 15) is 13.6 Å². The number of carbonyl (C=O) groups excluding carboxylic acids is 1. The van der Waals surface area contributed by atoms with Crippen molar-refractivity contribution in [2.24, 2.45) is 5.84 Å². The van der Waals surface area contributed by atoms with Crippen molar-refractivity contribution in [1.29, 1.82) is 0 Å². The molecule has 104 valence electrons. The molecule has 6 heteroatoms. The van der Waals surface area contributed by atoms with Gasteiger partial charge in [-0.05, 0) is 29.8 Å². The second-order valence-electron chi connectivity index (χ2n) is 4.01. The lowest BCUT2D eigenvalue weighted by molar-refractivity contribution is 0.0953. The number of hydrogen-bond acceptors (Lipinski definition) is 3. The third-order valence-corrected chi connectivity index (χ3v) is 2.62. The molecular formula is C14H12F2N2O2. The van der Waals surface area contributed by atoms with Gasteiger partial charge in [0.05, 0.1) is 0 Å². The van der Waals surface area contributed by atoms with Gasteiger partial charge >= 0.3 is 0 Å². The molecule has 0 aliphatic heterocycles. The van der Waals surface area contributed by atoms with Crippen molar-refractivity contribution in [3.63, 3.8) is 0 Å². The largest absolute Gasteiger partial charge is 0.483 e. The maximum Gasteiger partial charge on any atom is 0.265 e. The van der Waals surface area contributed by atoms with E-state index < -0.39 is 23.3 Å². The van der Waals surface area contributed by atoms with E-state index in [1.165, 1.54) is 12.1 Å². The van der Waals surface area contributed by atoms with Crippen molar-refractivity contribution in [2.75, 3.05) is 0 Å². The fourth-order valence-corrected chi connectivity index (χ4v) is 1.66. The number of nitrogens with one attached hydrogen (secondary N) is 1. The van der Waals surface area contributed by atoms with Crippen LogP contribution in [0.4, 0.5) is 8.78 Å². The maximum atomic E-state index is 13.4. The van der Waals surface area contributed by atoms with Gasteiger partial charge in [0.15, 0.2) is 17.4 Å². The molecule has 2 rings (SSSR count). The van der Waals surface area contributed by atoms with Gasteiger partial charge in [0, 0.05) is 5.56 Å². The van der Waals surface area contributed by atoms with E-state index in [1.54, 1.807) is 18.2 Å². The zero-order valence-electron chi connectivity index (χ0n) is 10.4. The minimum absolute atomic E-state index is 0.0659. The average molecular weight is 278 g/mol. The topological polar surface area (TPSA) is 64.3 Å². The van der Waals surface area contributed by atoms with Crippen LogP contribution in [0.25, 0.3) is 0 Å². The molecule has 1 amide bonds. The minimum Gasteiger partial charge on any atom is -0.483 e. The van der Waals surface area contributed by atoms with Crippen molar-refractivity contribution in [2.45, 2.75) is 6.61 Å². The number of nitrogens with two attached hydrogens (primary N) is 1. The second-order valence-corrected chi connectivity index (χ2v) is 4.01. The maximum absolute atomic E-state index is 13.4. The van der Waals surface area contributed by atoms with Gasteiger partial charge in [-0.3, -0.25) is 10.2 Å². The first kappa shape index (κ1) is 14.0. The Balaban J connectivity index is 2.13. The number of carbonyl (C=O) groups is 1. The summed E-state index contributed by atoms with van der Waals surface area (Å²) in [7, 11) is 0. The number of hydrazine groups is 1. The van der Waals surface area contributed by atoms with Crippen molar-refractivity contribution < 1.29 is 18.3 Å². The number of hydrogen-bond donors (Lipinski definition) is 2. The minimum atomic E-state index is -0.777. The fourth-order valence-electron chi connectivity index (χ4n) is 1.66. The SMILES string of the molecule is NNC(=O)c1cccc(COc2c(F)cccc2F)c1.